The van der Waals surface area contributed by atoms with E-state index < -0.39 is 0 Å². The fourth-order valence-electron chi connectivity index (χ4n) is 1.91. The highest BCUT2D eigenvalue weighted by molar-refractivity contribution is 6.28. The molecular weight excluding hydrogens is 234 g/mol. The van der Waals surface area contributed by atoms with Gasteiger partial charge in [0.05, 0.1) is 5.52 Å². The summed E-state index contributed by atoms with van der Waals surface area (Å²) in [5, 5.41) is 2.24. The van der Waals surface area contributed by atoms with Gasteiger partial charge in [0.25, 0.3) is 0 Å². The van der Waals surface area contributed by atoms with Gasteiger partial charge in [-0.3, -0.25) is 0 Å². The van der Waals surface area contributed by atoms with E-state index in [9.17, 15) is 0 Å². The Morgan fingerprint density at radius 3 is 2.71 bits per heavy atom. The number of rotatable bonds is 0. The van der Waals surface area contributed by atoms with Crippen molar-refractivity contribution in [3.8, 4) is 0 Å². The van der Waals surface area contributed by atoms with Crippen molar-refractivity contribution in [3.05, 3.63) is 40.8 Å². The van der Waals surface area contributed by atoms with Crippen LogP contribution in [-0.4, -0.2) is 15.0 Å². The predicted molar refractivity (Wildman–Crippen MR) is 69.3 cm³/mol. The second kappa shape index (κ2) is 3.64. The number of nitrogens with zero attached hydrogens (tertiary/aromatic N) is 3. The van der Waals surface area contributed by atoms with E-state index in [2.05, 4.69) is 40.9 Å². The molecule has 2 heterocycles. The van der Waals surface area contributed by atoms with Crippen molar-refractivity contribution < 1.29 is 0 Å². The van der Waals surface area contributed by atoms with Crippen LogP contribution in [0, 0.1) is 13.8 Å². The van der Waals surface area contributed by atoms with E-state index in [-0.39, 0.29) is 5.28 Å². The number of hydrogen-bond donors (Lipinski definition) is 0. The largest absolute Gasteiger partial charge is 0.228 e. The minimum atomic E-state index is 0.231. The summed E-state index contributed by atoms with van der Waals surface area (Å²) in [5.41, 5.74) is 4.03. The van der Waals surface area contributed by atoms with Crippen LogP contribution in [0.3, 0.4) is 0 Å². The van der Waals surface area contributed by atoms with Gasteiger partial charge in [-0.2, -0.15) is 4.98 Å². The summed E-state index contributed by atoms with van der Waals surface area (Å²) in [5.74, 6) is 0. The van der Waals surface area contributed by atoms with E-state index in [1.807, 2.05) is 6.07 Å². The number of benzene rings is 1. The Morgan fingerprint density at radius 2 is 1.88 bits per heavy atom. The zero-order valence-corrected chi connectivity index (χ0v) is 10.3. The first-order valence-electron chi connectivity index (χ1n) is 5.34. The summed E-state index contributed by atoms with van der Waals surface area (Å²) in [6, 6.07) is 6.21. The maximum absolute atomic E-state index is 5.78. The average molecular weight is 244 g/mol. The van der Waals surface area contributed by atoms with E-state index in [0.29, 0.717) is 5.65 Å². The second-order valence-electron chi connectivity index (χ2n) is 4.12. The molecule has 0 amide bonds. The maximum Gasteiger partial charge on any atom is 0.224 e. The number of aryl methyl sites for hydroxylation is 2. The highest BCUT2D eigenvalue weighted by atomic mass is 35.5. The Balaban J connectivity index is 2.48. The van der Waals surface area contributed by atoms with Gasteiger partial charge < -0.3 is 0 Å². The lowest BCUT2D eigenvalue weighted by Crippen LogP contribution is -1.92. The third-order valence-corrected chi connectivity index (χ3v) is 3.21. The number of fused-ring (bicyclic) bond motifs is 2. The molecule has 0 unspecified atom stereocenters. The summed E-state index contributed by atoms with van der Waals surface area (Å²) < 4.78 is 0. The smallest absolute Gasteiger partial charge is 0.224 e. The summed E-state index contributed by atoms with van der Waals surface area (Å²) in [6.07, 6.45) is 1.70. The summed E-state index contributed by atoms with van der Waals surface area (Å²) >= 11 is 5.78. The fraction of sp³-hybridized carbons (Fsp3) is 0.154. The Morgan fingerprint density at radius 1 is 1.06 bits per heavy atom. The molecule has 0 fully saturated rings. The second-order valence-corrected chi connectivity index (χ2v) is 4.46. The van der Waals surface area contributed by atoms with Crippen LogP contribution in [0.25, 0.3) is 21.9 Å². The SMILES string of the molecule is Cc1ccc2cc3cnc(Cl)nc3nc2c1C. The van der Waals surface area contributed by atoms with Crippen LogP contribution in [0.4, 0.5) is 0 Å². The quantitative estimate of drug-likeness (QED) is 0.448. The standard InChI is InChI=1S/C13H10ClN3/c1-7-3-4-9-5-10-6-15-13(14)17-12(10)16-11(9)8(7)2/h3-6H,1-2H3. The summed E-state index contributed by atoms with van der Waals surface area (Å²) in [6.45, 7) is 4.15. The molecule has 0 aliphatic heterocycles. The highest BCUT2D eigenvalue weighted by Gasteiger charge is 2.06. The first-order valence-corrected chi connectivity index (χ1v) is 5.72. The number of aromatic nitrogens is 3. The van der Waals surface area contributed by atoms with E-state index in [1.165, 1.54) is 11.1 Å². The lowest BCUT2D eigenvalue weighted by atomic mass is 10.0. The van der Waals surface area contributed by atoms with Gasteiger partial charge in [0.15, 0.2) is 5.65 Å². The van der Waals surface area contributed by atoms with Gasteiger partial charge in [-0.15, -0.1) is 0 Å². The minimum Gasteiger partial charge on any atom is -0.228 e. The lowest BCUT2D eigenvalue weighted by molar-refractivity contribution is 1.19. The van der Waals surface area contributed by atoms with Gasteiger partial charge >= 0.3 is 0 Å². The van der Waals surface area contributed by atoms with Crippen molar-refractivity contribution in [2.24, 2.45) is 0 Å². The molecule has 3 rings (SSSR count). The van der Waals surface area contributed by atoms with Crippen LogP contribution in [0.2, 0.25) is 5.28 Å². The Labute approximate surface area is 103 Å². The molecular formula is C13H10ClN3. The number of pyridine rings is 1. The molecule has 0 aliphatic rings. The molecule has 3 aromatic rings. The molecule has 0 saturated carbocycles. The van der Waals surface area contributed by atoms with Gasteiger partial charge in [0.1, 0.15) is 0 Å². The van der Waals surface area contributed by atoms with Crippen molar-refractivity contribution in [1.29, 1.82) is 0 Å². The molecule has 0 bridgehead atoms. The zero-order chi connectivity index (χ0) is 12.0. The average Bonchev–Trinajstić information content (AvgIpc) is 2.32. The molecule has 0 radical (unpaired) electrons. The van der Waals surface area contributed by atoms with Crippen molar-refractivity contribution in [3.63, 3.8) is 0 Å². The first-order chi connectivity index (χ1) is 8.15. The minimum absolute atomic E-state index is 0.231. The van der Waals surface area contributed by atoms with Crippen molar-refractivity contribution in [2.75, 3.05) is 0 Å². The van der Waals surface area contributed by atoms with Crippen molar-refractivity contribution in [2.45, 2.75) is 13.8 Å². The number of hydrogen-bond acceptors (Lipinski definition) is 3. The first kappa shape index (κ1) is 10.4. The van der Waals surface area contributed by atoms with Gasteiger partial charge in [0, 0.05) is 17.0 Å². The van der Waals surface area contributed by atoms with E-state index >= 15 is 0 Å². The van der Waals surface area contributed by atoms with Crippen LogP contribution in [0.5, 0.6) is 0 Å². The summed E-state index contributed by atoms with van der Waals surface area (Å²) in [4.78, 5) is 12.7. The molecule has 2 aromatic heterocycles. The molecule has 0 atom stereocenters. The van der Waals surface area contributed by atoms with E-state index in [0.717, 1.165) is 16.3 Å². The normalized spacial score (nSPS) is 11.2. The monoisotopic (exact) mass is 243 g/mol. The van der Waals surface area contributed by atoms with Crippen LogP contribution < -0.4 is 0 Å². The molecule has 4 heteroatoms. The Bertz CT molecular complexity index is 737. The Hall–Kier alpha value is -1.74. The highest BCUT2D eigenvalue weighted by Crippen LogP contribution is 2.23. The molecule has 1 aromatic carbocycles. The fourth-order valence-corrected chi connectivity index (χ4v) is 2.04. The topological polar surface area (TPSA) is 38.7 Å². The molecule has 3 nitrogen and oxygen atoms in total. The van der Waals surface area contributed by atoms with Crippen molar-refractivity contribution >= 4 is 33.5 Å². The third kappa shape index (κ3) is 1.63. The Kier molecular flexibility index (Phi) is 2.23. The van der Waals surface area contributed by atoms with Crippen LogP contribution in [0.15, 0.2) is 24.4 Å². The van der Waals surface area contributed by atoms with Gasteiger partial charge in [-0.25, -0.2) is 9.97 Å². The predicted octanol–water partition coefficient (Wildman–Crippen LogP) is 3.45. The molecule has 0 aliphatic carbocycles. The van der Waals surface area contributed by atoms with Crippen LogP contribution >= 0.6 is 11.6 Å². The van der Waals surface area contributed by atoms with E-state index in [1.54, 1.807) is 6.20 Å². The summed E-state index contributed by atoms with van der Waals surface area (Å²) in [7, 11) is 0. The number of halogens is 1. The van der Waals surface area contributed by atoms with Gasteiger partial charge in [0.2, 0.25) is 5.28 Å². The van der Waals surface area contributed by atoms with Crippen LogP contribution in [0.1, 0.15) is 11.1 Å². The third-order valence-electron chi connectivity index (χ3n) is 3.03. The molecule has 84 valence electrons. The van der Waals surface area contributed by atoms with Gasteiger partial charge in [-0.1, -0.05) is 12.1 Å². The van der Waals surface area contributed by atoms with E-state index in [4.69, 9.17) is 11.6 Å². The van der Waals surface area contributed by atoms with Crippen molar-refractivity contribution in [1.82, 2.24) is 15.0 Å². The molecule has 17 heavy (non-hydrogen) atoms. The zero-order valence-electron chi connectivity index (χ0n) is 9.53. The molecule has 0 spiro atoms. The molecule has 0 N–H and O–H groups in total. The van der Waals surface area contributed by atoms with Gasteiger partial charge in [-0.05, 0) is 42.6 Å². The van der Waals surface area contributed by atoms with Crippen LogP contribution in [-0.2, 0) is 0 Å². The molecule has 0 saturated heterocycles. The lowest BCUT2D eigenvalue weighted by Gasteiger charge is -2.06. The maximum atomic E-state index is 5.78.